The highest BCUT2D eigenvalue weighted by molar-refractivity contribution is 5.85. The Morgan fingerprint density at radius 1 is 1.48 bits per heavy atom. The van der Waals surface area contributed by atoms with Crippen LogP contribution in [0.15, 0.2) is 29.4 Å². The van der Waals surface area contributed by atoms with Crippen molar-refractivity contribution in [1.29, 1.82) is 0 Å². The van der Waals surface area contributed by atoms with E-state index in [-0.39, 0.29) is 6.54 Å². The molecule has 0 unspecified atom stereocenters. The van der Waals surface area contributed by atoms with Crippen molar-refractivity contribution in [3.63, 3.8) is 0 Å². The predicted octanol–water partition coefficient (Wildman–Crippen LogP) is 0.879. The Hall–Kier alpha value is -2.44. The molecule has 0 bridgehead atoms. The van der Waals surface area contributed by atoms with Crippen LogP contribution in [0.3, 0.4) is 0 Å². The van der Waals surface area contributed by atoms with E-state index < -0.39 is 23.6 Å². The number of carbonyl (C=O) groups excluding carboxylic acids is 2. The number of hydrogen-bond donors (Lipinski definition) is 2. The first kappa shape index (κ1) is 16.6. The second-order valence-electron chi connectivity index (χ2n) is 5.35. The van der Waals surface area contributed by atoms with E-state index in [0.717, 1.165) is 0 Å². The first-order valence-corrected chi connectivity index (χ1v) is 6.47. The molecule has 1 atom stereocenters. The second kappa shape index (κ2) is 7.37. The van der Waals surface area contributed by atoms with E-state index in [1.807, 2.05) is 6.07 Å². The zero-order valence-corrected chi connectivity index (χ0v) is 12.4. The van der Waals surface area contributed by atoms with Gasteiger partial charge >= 0.3 is 6.09 Å². The van der Waals surface area contributed by atoms with Gasteiger partial charge in [0.05, 0.1) is 12.2 Å². The summed E-state index contributed by atoms with van der Waals surface area (Å²) in [6.07, 6.45) is 2.43. The summed E-state index contributed by atoms with van der Waals surface area (Å²) in [5.41, 5.74) is 5.23. The van der Waals surface area contributed by atoms with Crippen molar-refractivity contribution in [2.75, 3.05) is 6.54 Å². The highest BCUT2D eigenvalue weighted by atomic mass is 16.6. The van der Waals surface area contributed by atoms with Crippen LogP contribution in [0.1, 0.15) is 26.5 Å². The molecule has 7 nitrogen and oxygen atoms in total. The summed E-state index contributed by atoms with van der Waals surface area (Å²) in [6, 6.07) is 4.44. The molecule has 0 aliphatic rings. The van der Waals surface area contributed by atoms with Crippen molar-refractivity contribution in [1.82, 2.24) is 10.3 Å². The van der Waals surface area contributed by atoms with E-state index in [1.54, 1.807) is 39.1 Å². The summed E-state index contributed by atoms with van der Waals surface area (Å²) in [7, 11) is 0. The topological polar surface area (TPSA) is 107 Å². The number of hydrogen-bond acceptors (Lipinski definition) is 5. The number of amides is 2. The molecule has 1 aromatic heterocycles. The number of alkyl carbamates (subject to hydrolysis) is 1. The number of carbonyl (C=O) groups is 2. The minimum Gasteiger partial charge on any atom is -0.444 e. The van der Waals surface area contributed by atoms with Crippen molar-refractivity contribution in [2.45, 2.75) is 32.4 Å². The Balaban J connectivity index is 2.56. The highest BCUT2D eigenvalue weighted by Crippen LogP contribution is 2.06. The quantitative estimate of drug-likeness (QED) is 0.785. The SMILES string of the molecule is CC(C)(C)OC(=O)N[C@@H](CN=Cc1ccccn1)C(N)=O. The number of primary amides is 1. The van der Waals surface area contributed by atoms with Gasteiger partial charge in [-0.15, -0.1) is 0 Å². The molecule has 3 N–H and O–H groups in total. The monoisotopic (exact) mass is 292 g/mol. The number of pyridine rings is 1. The zero-order valence-electron chi connectivity index (χ0n) is 12.4. The number of ether oxygens (including phenoxy) is 1. The summed E-state index contributed by atoms with van der Waals surface area (Å²) in [4.78, 5) is 31.0. The van der Waals surface area contributed by atoms with Gasteiger partial charge in [-0.25, -0.2) is 4.79 Å². The molecule has 21 heavy (non-hydrogen) atoms. The van der Waals surface area contributed by atoms with Gasteiger partial charge in [-0.2, -0.15) is 0 Å². The minimum atomic E-state index is -0.931. The zero-order chi connectivity index (χ0) is 15.9. The first-order chi connectivity index (χ1) is 9.78. The molecule has 0 aliphatic carbocycles. The van der Waals surface area contributed by atoms with Crippen molar-refractivity contribution in [3.8, 4) is 0 Å². The fourth-order valence-corrected chi connectivity index (χ4v) is 1.36. The maximum Gasteiger partial charge on any atom is 0.408 e. The lowest BCUT2D eigenvalue weighted by Crippen LogP contribution is -2.48. The molecule has 0 spiro atoms. The van der Waals surface area contributed by atoms with E-state index in [4.69, 9.17) is 10.5 Å². The van der Waals surface area contributed by atoms with Crippen molar-refractivity contribution >= 4 is 18.2 Å². The minimum absolute atomic E-state index is 0.0190. The van der Waals surface area contributed by atoms with Crippen LogP contribution >= 0.6 is 0 Å². The van der Waals surface area contributed by atoms with Gasteiger partial charge in [0, 0.05) is 12.4 Å². The van der Waals surface area contributed by atoms with E-state index in [9.17, 15) is 9.59 Å². The molecule has 0 fully saturated rings. The average Bonchev–Trinajstić information content (AvgIpc) is 2.36. The fourth-order valence-electron chi connectivity index (χ4n) is 1.36. The predicted molar refractivity (Wildman–Crippen MR) is 79.1 cm³/mol. The van der Waals surface area contributed by atoms with Crippen molar-refractivity contribution in [2.24, 2.45) is 10.7 Å². The van der Waals surface area contributed by atoms with Gasteiger partial charge in [-0.05, 0) is 32.9 Å². The Bertz CT molecular complexity index is 509. The number of nitrogens with one attached hydrogen (secondary N) is 1. The molecule has 0 saturated heterocycles. The van der Waals surface area contributed by atoms with Crippen LogP contribution in [-0.4, -0.2) is 41.4 Å². The van der Waals surface area contributed by atoms with Crippen molar-refractivity contribution < 1.29 is 14.3 Å². The maximum absolute atomic E-state index is 11.6. The van der Waals surface area contributed by atoms with Crippen molar-refractivity contribution in [3.05, 3.63) is 30.1 Å². The standard InChI is InChI=1S/C14H20N4O3/c1-14(2,3)21-13(20)18-11(12(15)19)9-16-8-10-6-4-5-7-17-10/h4-8,11H,9H2,1-3H3,(H2,15,19)(H,18,20)/t11-/m0/s1. The van der Waals surface area contributed by atoms with Crippen LogP contribution < -0.4 is 11.1 Å². The Labute approximate surface area is 123 Å². The number of aromatic nitrogens is 1. The van der Waals surface area contributed by atoms with Crippen LogP contribution in [0.4, 0.5) is 4.79 Å². The van der Waals surface area contributed by atoms with Crippen LogP contribution in [0, 0.1) is 0 Å². The first-order valence-electron chi connectivity index (χ1n) is 6.47. The normalized spacial score (nSPS) is 12.9. The Kier molecular flexibility index (Phi) is 5.83. The van der Waals surface area contributed by atoms with Gasteiger partial charge in [0.1, 0.15) is 11.6 Å². The molecule has 2 amide bonds. The summed E-state index contributed by atoms with van der Waals surface area (Å²) in [6.45, 7) is 5.20. The van der Waals surface area contributed by atoms with E-state index in [1.165, 1.54) is 6.21 Å². The molecule has 7 heteroatoms. The smallest absolute Gasteiger partial charge is 0.408 e. The maximum atomic E-state index is 11.6. The van der Waals surface area contributed by atoms with E-state index in [0.29, 0.717) is 5.69 Å². The van der Waals surface area contributed by atoms with Gasteiger partial charge in [-0.1, -0.05) is 6.07 Å². The largest absolute Gasteiger partial charge is 0.444 e. The third kappa shape index (κ3) is 7.05. The average molecular weight is 292 g/mol. The molecule has 1 aromatic rings. The molecular weight excluding hydrogens is 272 g/mol. The summed E-state index contributed by atoms with van der Waals surface area (Å²) in [5.74, 6) is -0.681. The number of rotatable bonds is 5. The lowest BCUT2D eigenvalue weighted by atomic mass is 10.2. The van der Waals surface area contributed by atoms with Crippen LogP contribution in [0.25, 0.3) is 0 Å². The third-order valence-corrected chi connectivity index (χ3v) is 2.23. The van der Waals surface area contributed by atoms with Crippen LogP contribution in [0.5, 0.6) is 0 Å². The van der Waals surface area contributed by atoms with E-state index in [2.05, 4.69) is 15.3 Å². The van der Waals surface area contributed by atoms with Gasteiger partial charge in [-0.3, -0.25) is 14.8 Å². The highest BCUT2D eigenvalue weighted by Gasteiger charge is 2.22. The van der Waals surface area contributed by atoms with Gasteiger partial charge in [0.15, 0.2) is 0 Å². The molecule has 0 radical (unpaired) electrons. The Morgan fingerprint density at radius 2 is 2.19 bits per heavy atom. The van der Waals surface area contributed by atoms with Gasteiger partial charge in [0.25, 0.3) is 0 Å². The number of aliphatic imine (C=N–C) groups is 1. The van der Waals surface area contributed by atoms with Crippen LogP contribution in [-0.2, 0) is 9.53 Å². The molecular formula is C14H20N4O3. The molecule has 0 aliphatic heterocycles. The van der Waals surface area contributed by atoms with Crippen LogP contribution in [0.2, 0.25) is 0 Å². The lowest BCUT2D eigenvalue weighted by Gasteiger charge is -2.21. The molecule has 0 aromatic carbocycles. The number of nitrogens with two attached hydrogens (primary N) is 1. The lowest BCUT2D eigenvalue weighted by molar-refractivity contribution is -0.119. The molecule has 1 heterocycles. The summed E-state index contributed by atoms with van der Waals surface area (Å²) in [5, 5.41) is 2.39. The summed E-state index contributed by atoms with van der Waals surface area (Å²) < 4.78 is 5.06. The summed E-state index contributed by atoms with van der Waals surface area (Å²) >= 11 is 0. The Morgan fingerprint density at radius 3 is 2.71 bits per heavy atom. The molecule has 0 saturated carbocycles. The van der Waals surface area contributed by atoms with E-state index >= 15 is 0 Å². The molecule has 114 valence electrons. The second-order valence-corrected chi connectivity index (χ2v) is 5.35. The fraction of sp³-hybridized carbons (Fsp3) is 0.429. The van der Waals surface area contributed by atoms with Gasteiger partial charge in [0.2, 0.25) is 5.91 Å². The van der Waals surface area contributed by atoms with Gasteiger partial charge < -0.3 is 15.8 Å². The molecule has 1 rings (SSSR count). The number of nitrogens with zero attached hydrogens (tertiary/aromatic N) is 2. The third-order valence-electron chi connectivity index (χ3n) is 2.23.